The Labute approximate surface area is 166 Å². The van der Waals surface area contributed by atoms with Crippen molar-refractivity contribution in [2.75, 3.05) is 31.0 Å². The summed E-state index contributed by atoms with van der Waals surface area (Å²) in [6.07, 6.45) is 3.80. The van der Waals surface area contributed by atoms with Crippen LogP contribution in [0.4, 0.5) is 5.69 Å². The summed E-state index contributed by atoms with van der Waals surface area (Å²) in [4.78, 5) is 2.60. The number of likely N-dealkylation sites (tertiary alicyclic amines) is 1. The molecule has 5 nitrogen and oxygen atoms in total. The maximum absolute atomic E-state index is 12.5. The molecule has 1 N–H and O–H groups in total. The fraction of sp³-hybridized carbons (Fsp3) is 0.400. The van der Waals surface area contributed by atoms with E-state index in [1.807, 2.05) is 6.92 Å². The Morgan fingerprint density at radius 3 is 2.44 bits per heavy atom. The van der Waals surface area contributed by atoms with Crippen LogP contribution in [0.5, 0.6) is 5.75 Å². The molecule has 0 radical (unpaired) electrons. The SMILES string of the molecule is Cc1ccc(S(=O)(=O)Nc2ccc(OCCN3CCCCC3)c(Cl)c2)cc1. The number of ether oxygens (including phenoxy) is 1. The number of halogens is 1. The van der Waals surface area contributed by atoms with Crippen molar-refractivity contribution < 1.29 is 13.2 Å². The molecule has 3 rings (SSSR count). The Morgan fingerprint density at radius 1 is 1.07 bits per heavy atom. The third kappa shape index (κ3) is 5.61. The monoisotopic (exact) mass is 408 g/mol. The minimum Gasteiger partial charge on any atom is -0.491 e. The summed E-state index contributed by atoms with van der Waals surface area (Å²) in [5, 5.41) is 0.387. The lowest BCUT2D eigenvalue weighted by atomic mass is 10.1. The largest absolute Gasteiger partial charge is 0.491 e. The van der Waals surface area contributed by atoms with Crippen LogP contribution in [0.2, 0.25) is 5.02 Å². The van der Waals surface area contributed by atoms with E-state index in [1.54, 1.807) is 42.5 Å². The zero-order valence-electron chi connectivity index (χ0n) is 15.4. The Hall–Kier alpha value is -1.76. The van der Waals surface area contributed by atoms with Crippen LogP contribution in [0, 0.1) is 6.92 Å². The summed E-state index contributed by atoms with van der Waals surface area (Å²) in [6.45, 7) is 5.59. The number of hydrogen-bond acceptors (Lipinski definition) is 4. The summed E-state index contributed by atoms with van der Waals surface area (Å²) in [5.74, 6) is 0.562. The van der Waals surface area contributed by atoms with E-state index in [0.717, 1.165) is 25.2 Å². The van der Waals surface area contributed by atoms with Gasteiger partial charge in [-0.1, -0.05) is 35.7 Å². The van der Waals surface area contributed by atoms with Gasteiger partial charge in [-0.2, -0.15) is 0 Å². The van der Waals surface area contributed by atoms with E-state index in [0.29, 0.717) is 23.1 Å². The molecule has 0 bridgehead atoms. The Bertz CT molecular complexity index is 863. The number of sulfonamides is 1. The first-order chi connectivity index (χ1) is 12.9. The zero-order valence-corrected chi connectivity index (χ0v) is 17.0. The van der Waals surface area contributed by atoms with Crippen molar-refractivity contribution in [3.8, 4) is 5.75 Å². The van der Waals surface area contributed by atoms with E-state index in [1.165, 1.54) is 19.3 Å². The molecule has 1 saturated heterocycles. The van der Waals surface area contributed by atoms with Gasteiger partial charge < -0.3 is 4.74 Å². The number of hydrogen-bond donors (Lipinski definition) is 1. The molecule has 1 fully saturated rings. The van der Waals surface area contributed by atoms with Crippen LogP contribution in [-0.2, 0) is 10.0 Å². The van der Waals surface area contributed by atoms with Crippen LogP contribution in [-0.4, -0.2) is 39.6 Å². The first kappa shape index (κ1) is 20.0. The van der Waals surface area contributed by atoms with Gasteiger partial charge in [0, 0.05) is 6.54 Å². The van der Waals surface area contributed by atoms with Gasteiger partial charge in [-0.15, -0.1) is 0 Å². The smallest absolute Gasteiger partial charge is 0.261 e. The van der Waals surface area contributed by atoms with Gasteiger partial charge in [0.1, 0.15) is 12.4 Å². The molecule has 0 aliphatic carbocycles. The minimum atomic E-state index is -3.65. The zero-order chi connectivity index (χ0) is 19.3. The predicted octanol–water partition coefficient (Wildman–Crippen LogP) is 4.31. The molecule has 1 aliphatic rings. The number of rotatable bonds is 7. The molecular weight excluding hydrogens is 384 g/mol. The van der Waals surface area contributed by atoms with Gasteiger partial charge in [-0.25, -0.2) is 8.42 Å². The van der Waals surface area contributed by atoms with E-state index in [-0.39, 0.29) is 4.90 Å². The third-order valence-electron chi connectivity index (χ3n) is 4.63. The molecule has 2 aromatic rings. The molecule has 1 aliphatic heterocycles. The van der Waals surface area contributed by atoms with Gasteiger partial charge in [-0.3, -0.25) is 9.62 Å². The molecule has 146 valence electrons. The van der Waals surface area contributed by atoms with E-state index in [2.05, 4.69) is 9.62 Å². The standard InChI is InChI=1S/C20H25ClN2O3S/c1-16-5-8-18(9-6-16)27(24,25)22-17-7-10-20(19(21)15-17)26-14-13-23-11-3-2-4-12-23/h5-10,15,22H,2-4,11-14H2,1H3. The normalized spacial score (nSPS) is 15.5. The Morgan fingerprint density at radius 2 is 1.78 bits per heavy atom. The van der Waals surface area contributed by atoms with Crippen LogP contribution in [0.15, 0.2) is 47.4 Å². The lowest BCUT2D eigenvalue weighted by molar-refractivity contribution is 0.183. The van der Waals surface area contributed by atoms with Crippen molar-refractivity contribution in [3.63, 3.8) is 0 Å². The van der Waals surface area contributed by atoms with Gasteiger partial charge >= 0.3 is 0 Å². The van der Waals surface area contributed by atoms with Gasteiger partial charge in [0.15, 0.2) is 0 Å². The Kier molecular flexibility index (Phi) is 6.63. The average molecular weight is 409 g/mol. The number of nitrogens with one attached hydrogen (secondary N) is 1. The second kappa shape index (κ2) is 8.95. The maximum atomic E-state index is 12.5. The van der Waals surface area contributed by atoms with Crippen molar-refractivity contribution in [3.05, 3.63) is 53.1 Å². The molecule has 27 heavy (non-hydrogen) atoms. The number of aryl methyl sites for hydroxylation is 1. The van der Waals surface area contributed by atoms with Crippen molar-refractivity contribution in [1.82, 2.24) is 4.90 Å². The minimum absolute atomic E-state index is 0.214. The Balaban J connectivity index is 1.59. The molecule has 0 unspecified atom stereocenters. The number of benzene rings is 2. The van der Waals surface area contributed by atoms with Crippen LogP contribution < -0.4 is 9.46 Å². The highest BCUT2D eigenvalue weighted by molar-refractivity contribution is 7.92. The molecule has 2 aromatic carbocycles. The van der Waals surface area contributed by atoms with Crippen LogP contribution in [0.1, 0.15) is 24.8 Å². The molecule has 0 aromatic heterocycles. The summed E-state index contributed by atoms with van der Waals surface area (Å²) in [6, 6.07) is 11.6. The number of piperidine rings is 1. The third-order valence-corrected chi connectivity index (χ3v) is 6.32. The second-order valence-corrected chi connectivity index (χ2v) is 8.90. The fourth-order valence-electron chi connectivity index (χ4n) is 3.08. The van der Waals surface area contributed by atoms with E-state index in [9.17, 15) is 8.42 Å². The fourth-order valence-corrected chi connectivity index (χ4v) is 4.37. The lowest BCUT2D eigenvalue weighted by Gasteiger charge is -2.26. The molecule has 7 heteroatoms. The lowest BCUT2D eigenvalue weighted by Crippen LogP contribution is -2.33. The van der Waals surface area contributed by atoms with Crippen LogP contribution in [0.3, 0.4) is 0 Å². The molecule has 0 saturated carbocycles. The van der Waals surface area contributed by atoms with Gasteiger partial charge in [0.2, 0.25) is 0 Å². The van der Waals surface area contributed by atoms with Crippen molar-refractivity contribution in [2.45, 2.75) is 31.1 Å². The molecule has 1 heterocycles. The summed E-state index contributed by atoms with van der Waals surface area (Å²) in [5.41, 5.74) is 1.41. The average Bonchev–Trinajstić information content (AvgIpc) is 2.64. The first-order valence-electron chi connectivity index (χ1n) is 9.18. The summed E-state index contributed by atoms with van der Waals surface area (Å²) in [7, 11) is -3.65. The van der Waals surface area contributed by atoms with Crippen molar-refractivity contribution in [2.24, 2.45) is 0 Å². The highest BCUT2D eigenvalue weighted by Crippen LogP contribution is 2.29. The second-order valence-electron chi connectivity index (χ2n) is 6.81. The van der Waals surface area contributed by atoms with Gasteiger partial charge in [-0.05, 0) is 63.2 Å². The molecule has 0 spiro atoms. The van der Waals surface area contributed by atoms with Crippen LogP contribution in [0.25, 0.3) is 0 Å². The van der Waals surface area contributed by atoms with E-state index < -0.39 is 10.0 Å². The van der Waals surface area contributed by atoms with Crippen molar-refractivity contribution in [1.29, 1.82) is 0 Å². The highest BCUT2D eigenvalue weighted by Gasteiger charge is 2.15. The highest BCUT2D eigenvalue weighted by atomic mass is 35.5. The molecule has 0 atom stereocenters. The number of anilines is 1. The van der Waals surface area contributed by atoms with E-state index >= 15 is 0 Å². The first-order valence-corrected chi connectivity index (χ1v) is 11.0. The molecular formula is C20H25ClN2O3S. The van der Waals surface area contributed by atoms with Gasteiger partial charge in [0.25, 0.3) is 10.0 Å². The van der Waals surface area contributed by atoms with E-state index in [4.69, 9.17) is 16.3 Å². The van der Waals surface area contributed by atoms with Gasteiger partial charge in [0.05, 0.1) is 15.6 Å². The number of nitrogens with zero attached hydrogens (tertiary/aromatic N) is 1. The quantitative estimate of drug-likeness (QED) is 0.741. The summed E-state index contributed by atoms with van der Waals surface area (Å²) < 4.78 is 33.3. The topological polar surface area (TPSA) is 58.6 Å². The molecule has 0 amide bonds. The predicted molar refractivity (Wildman–Crippen MR) is 109 cm³/mol. The van der Waals surface area contributed by atoms with Crippen molar-refractivity contribution >= 4 is 27.3 Å². The van der Waals surface area contributed by atoms with Crippen LogP contribution >= 0.6 is 11.6 Å². The maximum Gasteiger partial charge on any atom is 0.261 e. The summed E-state index contributed by atoms with van der Waals surface area (Å²) >= 11 is 6.27.